The number of fused-ring (bicyclic) bond motifs is 3. The molecule has 2 aliphatic rings. The first-order chi connectivity index (χ1) is 15.7. The van der Waals surface area contributed by atoms with Crippen LogP contribution in [0.1, 0.15) is 17.5 Å². The Morgan fingerprint density at radius 3 is 2.82 bits per heavy atom. The van der Waals surface area contributed by atoms with Gasteiger partial charge < -0.3 is 20.5 Å². The number of rotatable bonds is 5. The second-order valence-corrected chi connectivity index (χ2v) is 10.4. The van der Waals surface area contributed by atoms with Gasteiger partial charge in [-0.2, -0.15) is 5.26 Å². The largest absolute Gasteiger partial charge is 0.488 e. The number of nitrogens with two attached hydrogens (primary N) is 1. The Kier molecular flexibility index (Phi) is 6.14. The third-order valence-corrected chi connectivity index (χ3v) is 7.24. The van der Waals surface area contributed by atoms with Gasteiger partial charge in [0.05, 0.1) is 16.9 Å². The molecule has 2 aliphatic heterocycles. The summed E-state index contributed by atoms with van der Waals surface area (Å²) < 4.78 is 50.4. The van der Waals surface area contributed by atoms with Gasteiger partial charge in [-0.1, -0.05) is 6.07 Å². The van der Waals surface area contributed by atoms with Crippen LogP contribution < -0.4 is 15.8 Å². The predicted molar refractivity (Wildman–Crippen MR) is 117 cm³/mol. The Balaban J connectivity index is 1.69. The summed E-state index contributed by atoms with van der Waals surface area (Å²) in [7, 11) is -3.39. The average Bonchev–Trinajstić information content (AvgIpc) is 3.04. The molecule has 0 radical (unpaired) electrons. The van der Waals surface area contributed by atoms with Crippen molar-refractivity contribution in [2.45, 2.75) is 29.9 Å². The standard InChI is InChI=1S/C23H24FN3O5S/c1-33(29,30)17-3-4-18-15(8-17)12-31-21-9-14(20(24)10-19(18)21)7-16(11-25)23(22(26)28)13-27-5-2-6-32-23/h3-4,8-10,16,27H,2,5-7,12-13H2,1H3,(H2,26,28)/t16-,23?/m0/s1. The van der Waals surface area contributed by atoms with Gasteiger partial charge in [0.25, 0.3) is 5.91 Å². The number of sulfone groups is 1. The Labute approximate surface area is 191 Å². The highest BCUT2D eigenvalue weighted by Crippen LogP contribution is 2.40. The van der Waals surface area contributed by atoms with Crippen LogP contribution in [0, 0.1) is 23.1 Å². The van der Waals surface area contributed by atoms with Crippen LogP contribution in [0.2, 0.25) is 0 Å². The van der Waals surface area contributed by atoms with Crippen LogP contribution in [0.3, 0.4) is 0 Å². The Hall–Kier alpha value is -3.00. The fraction of sp³-hybridized carbons (Fsp3) is 0.391. The molecule has 0 spiro atoms. The molecule has 1 fully saturated rings. The summed E-state index contributed by atoms with van der Waals surface area (Å²) in [6, 6.07) is 9.55. The molecule has 1 unspecified atom stereocenters. The molecule has 10 heteroatoms. The molecule has 2 atom stereocenters. The van der Waals surface area contributed by atoms with Crippen molar-refractivity contribution in [3.63, 3.8) is 0 Å². The summed E-state index contributed by atoms with van der Waals surface area (Å²) in [6.07, 6.45) is 1.69. The number of carbonyl (C=O) groups excluding carboxylic acids is 1. The number of nitriles is 1. The van der Waals surface area contributed by atoms with Gasteiger partial charge in [-0.25, -0.2) is 12.8 Å². The van der Waals surface area contributed by atoms with E-state index in [9.17, 15) is 18.5 Å². The number of carbonyl (C=O) groups is 1. The van der Waals surface area contributed by atoms with Gasteiger partial charge in [0.15, 0.2) is 15.4 Å². The number of primary amides is 1. The summed E-state index contributed by atoms with van der Waals surface area (Å²) in [6.45, 7) is 1.07. The smallest absolute Gasteiger partial charge is 0.252 e. The maximum atomic E-state index is 15.2. The second kappa shape index (κ2) is 8.74. The van der Waals surface area contributed by atoms with Crippen LogP contribution in [0.25, 0.3) is 11.1 Å². The fourth-order valence-electron chi connectivity index (χ4n) is 4.29. The van der Waals surface area contributed by atoms with Crippen molar-refractivity contribution in [1.82, 2.24) is 5.32 Å². The number of hydrogen-bond donors (Lipinski definition) is 2. The van der Waals surface area contributed by atoms with E-state index < -0.39 is 33.1 Å². The number of hydrogen-bond acceptors (Lipinski definition) is 7. The minimum atomic E-state index is -3.39. The predicted octanol–water partition coefficient (Wildman–Crippen LogP) is 1.70. The zero-order valence-corrected chi connectivity index (χ0v) is 18.9. The highest BCUT2D eigenvalue weighted by Gasteiger charge is 2.47. The number of nitrogens with zero attached hydrogens (tertiary/aromatic N) is 1. The van der Waals surface area contributed by atoms with E-state index in [0.29, 0.717) is 35.4 Å². The fourth-order valence-corrected chi connectivity index (χ4v) is 4.96. The van der Waals surface area contributed by atoms with Crippen molar-refractivity contribution in [3.05, 3.63) is 47.3 Å². The number of ether oxygens (including phenoxy) is 2. The van der Waals surface area contributed by atoms with Crippen LogP contribution in [-0.2, 0) is 32.4 Å². The van der Waals surface area contributed by atoms with E-state index in [1.165, 1.54) is 24.3 Å². The van der Waals surface area contributed by atoms with E-state index in [-0.39, 0.29) is 36.6 Å². The average molecular weight is 474 g/mol. The first-order valence-electron chi connectivity index (χ1n) is 10.5. The van der Waals surface area contributed by atoms with Crippen molar-refractivity contribution < 1.29 is 27.1 Å². The molecule has 0 aromatic heterocycles. The molecular formula is C23H24FN3O5S. The van der Waals surface area contributed by atoms with Gasteiger partial charge in [-0.15, -0.1) is 0 Å². The maximum absolute atomic E-state index is 15.2. The summed E-state index contributed by atoms with van der Waals surface area (Å²) in [5, 5.41) is 12.9. The SMILES string of the molecule is CS(=O)(=O)c1ccc2c(c1)COc1cc(C[C@@H](C#N)C3(C(N)=O)CNCCCO3)c(F)cc1-2. The molecule has 2 aromatic rings. The van der Waals surface area contributed by atoms with Crippen LogP contribution in [-0.4, -0.2) is 45.9 Å². The zero-order chi connectivity index (χ0) is 23.8. The molecule has 2 heterocycles. The number of benzene rings is 2. The number of halogens is 1. The van der Waals surface area contributed by atoms with E-state index in [1.807, 2.05) is 0 Å². The molecule has 0 bridgehead atoms. The molecule has 4 rings (SSSR count). The van der Waals surface area contributed by atoms with Crippen LogP contribution in [0.15, 0.2) is 35.2 Å². The lowest BCUT2D eigenvalue weighted by Gasteiger charge is -2.33. The molecule has 8 nitrogen and oxygen atoms in total. The highest BCUT2D eigenvalue weighted by atomic mass is 32.2. The third kappa shape index (κ3) is 4.31. The van der Waals surface area contributed by atoms with E-state index >= 15 is 4.39 Å². The van der Waals surface area contributed by atoms with Crippen molar-refractivity contribution in [2.24, 2.45) is 11.7 Å². The monoisotopic (exact) mass is 473 g/mol. The van der Waals surface area contributed by atoms with Gasteiger partial charge in [-0.05, 0) is 60.3 Å². The molecule has 0 saturated carbocycles. The summed E-state index contributed by atoms with van der Waals surface area (Å²) >= 11 is 0. The quantitative estimate of drug-likeness (QED) is 0.676. The minimum absolute atomic E-state index is 0.0691. The minimum Gasteiger partial charge on any atom is -0.488 e. The molecule has 1 saturated heterocycles. The van der Waals surface area contributed by atoms with Gasteiger partial charge >= 0.3 is 0 Å². The summed E-state index contributed by atoms with van der Waals surface area (Å²) in [4.78, 5) is 12.5. The molecular weight excluding hydrogens is 449 g/mol. The van der Waals surface area contributed by atoms with Crippen LogP contribution >= 0.6 is 0 Å². The lowest BCUT2D eigenvalue weighted by molar-refractivity contribution is -0.147. The lowest BCUT2D eigenvalue weighted by atomic mass is 9.82. The van der Waals surface area contributed by atoms with Gasteiger partial charge in [0.1, 0.15) is 18.2 Å². The molecule has 174 valence electrons. The first-order valence-corrected chi connectivity index (χ1v) is 12.4. The zero-order valence-electron chi connectivity index (χ0n) is 18.1. The highest BCUT2D eigenvalue weighted by molar-refractivity contribution is 7.90. The van der Waals surface area contributed by atoms with E-state index in [4.69, 9.17) is 15.2 Å². The van der Waals surface area contributed by atoms with Crippen molar-refractivity contribution in [1.29, 1.82) is 5.26 Å². The maximum Gasteiger partial charge on any atom is 0.252 e. The van der Waals surface area contributed by atoms with Gasteiger partial charge in [0.2, 0.25) is 0 Å². The molecule has 1 amide bonds. The Bertz CT molecular complexity index is 1250. The van der Waals surface area contributed by atoms with Gasteiger partial charge in [0, 0.05) is 25.0 Å². The van der Waals surface area contributed by atoms with Crippen molar-refractivity contribution in [2.75, 3.05) is 26.0 Å². The van der Waals surface area contributed by atoms with E-state index in [0.717, 1.165) is 6.26 Å². The summed E-state index contributed by atoms with van der Waals surface area (Å²) in [5.41, 5.74) is 6.07. The molecule has 2 aromatic carbocycles. The number of nitrogens with one attached hydrogen (secondary N) is 1. The second-order valence-electron chi connectivity index (χ2n) is 8.34. The molecule has 3 N–H and O–H groups in total. The van der Waals surface area contributed by atoms with E-state index in [2.05, 4.69) is 11.4 Å². The van der Waals surface area contributed by atoms with Crippen molar-refractivity contribution >= 4 is 15.7 Å². The third-order valence-electron chi connectivity index (χ3n) is 6.13. The van der Waals surface area contributed by atoms with Crippen LogP contribution in [0.4, 0.5) is 4.39 Å². The topological polar surface area (TPSA) is 132 Å². The normalized spacial score (nSPS) is 21.0. The Morgan fingerprint density at radius 1 is 1.33 bits per heavy atom. The van der Waals surface area contributed by atoms with Crippen LogP contribution in [0.5, 0.6) is 5.75 Å². The lowest BCUT2D eigenvalue weighted by Crippen LogP contribution is -2.57. The molecule has 0 aliphatic carbocycles. The van der Waals surface area contributed by atoms with E-state index in [1.54, 1.807) is 6.07 Å². The number of amides is 1. The van der Waals surface area contributed by atoms with Gasteiger partial charge in [-0.3, -0.25) is 4.79 Å². The summed E-state index contributed by atoms with van der Waals surface area (Å²) in [5.74, 6) is -1.94. The van der Waals surface area contributed by atoms with Crippen molar-refractivity contribution in [3.8, 4) is 22.9 Å². The first kappa shape index (κ1) is 23.2. The molecule has 33 heavy (non-hydrogen) atoms. The Morgan fingerprint density at radius 2 is 2.12 bits per heavy atom.